The first-order chi connectivity index (χ1) is 14.0. The van der Waals surface area contributed by atoms with Crippen molar-refractivity contribution in [3.05, 3.63) is 59.7 Å². The van der Waals surface area contributed by atoms with E-state index in [1.807, 2.05) is 38.1 Å². The van der Waals surface area contributed by atoms with Gasteiger partial charge in [-0.2, -0.15) is 0 Å². The van der Waals surface area contributed by atoms with Gasteiger partial charge in [0.05, 0.1) is 5.52 Å². The number of nitrogens with zero attached hydrogens (tertiary/aromatic N) is 4. The van der Waals surface area contributed by atoms with Crippen molar-refractivity contribution in [1.29, 1.82) is 0 Å². The van der Waals surface area contributed by atoms with Crippen LogP contribution in [0.3, 0.4) is 0 Å². The fourth-order valence-electron chi connectivity index (χ4n) is 3.06. The Labute approximate surface area is 167 Å². The molecule has 1 aliphatic rings. The van der Waals surface area contributed by atoms with Gasteiger partial charge in [-0.1, -0.05) is 12.2 Å². The van der Waals surface area contributed by atoms with Crippen molar-refractivity contribution in [2.45, 2.75) is 19.9 Å². The SMILES string of the molecule is CCNC(=O)Nc1nc2c(-c3ncccn3)cc(C3=CN([O-])C(C)C=C3)cc2[nH]1. The Kier molecular flexibility index (Phi) is 4.96. The minimum atomic E-state index is -0.349. The van der Waals surface area contributed by atoms with E-state index in [1.54, 1.807) is 24.7 Å². The zero-order valence-corrected chi connectivity index (χ0v) is 16.0. The number of carbonyl (C=O) groups excluding carboxylic acids is 1. The predicted molar refractivity (Wildman–Crippen MR) is 112 cm³/mol. The molecule has 0 fully saturated rings. The Balaban J connectivity index is 1.83. The van der Waals surface area contributed by atoms with Crippen LogP contribution in [0.5, 0.6) is 0 Å². The largest absolute Gasteiger partial charge is 0.758 e. The highest BCUT2D eigenvalue weighted by molar-refractivity contribution is 5.97. The summed E-state index contributed by atoms with van der Waals surface area (Å²) in [6.45, 7) is 4.17. The lowest BCUT2D eigenvalue weighted by atomic mass is 9.99. The molecule has 2 amide bonds. The standard InChI is InChI=1S/C20H20N7O2/c1-3-21-20(28)26-19-24-16-10-14(13-6-5-12(2)27(29)11-13)9-15(17(16)25-19)18-22-7-4-8-23-18/h4-12H,3H2,1-2H3,(H3,21,24,25,26,28)/q-1. The number of hydrogen-bond donors (Lipinski definition) is 3. The van der Waals surface area contributed by atoms with Crippen LogP contribution < -0.4 is 10.6 Å². The smallest absolute Gasteiger partial charge is 0.321 e. The molecule has 0 aliphatic carbocycles. The molecule has 9 heteroatoms. The Morgan fingerprint density at radius 2 is 2.10 bits per heavy atom. The predicted octanol–water partition coefficient (Wildman–Crippen LogP) is 3.26. The third kappa shape index (κ3) is 3.81. The fourth-order valence-corrected chi connectivity index (χ4v) is 3.06. The first kappa shape index (κ1) is 18.6. The molecule has 1 atom stereocenters. The molecule has 1 aliphatic heterocycles. The molecule has 0 spiro atoms. The Morgan fingerprint density at radius 3 is 2.83 bits per heavy atom. The molecular weight excluding hydrogens is 370 g/mol. The molecule has 0 radical (unpaired) electrons. The maximum atomic E-state index is 12.1. The minimum Gasteiger partial charge on any atom is -0.758 e. The van der Waals surface area contributed by atoms with Gasteiger partial charge in [-0.15, -0.1) is 0 Å². The zero-order valence-electron chi connectivity index (χ0n) is 16.0. The molecule has 29 heavy (non-hydrogen) atoms. The van der Waals surface area contributed by atoms with Crippen LogP contribution in [-0.2, 0) is 0 Å². The van der Waals surface area contributed by atoms with E-state index in [1.165, 1.54) is 0 Å². The highest BCUT2D eigenvalue weighted by Gasteiger charge is 2.16. The second-order valence-electron chi connectivity index (χ2n) is 6.61. The molecule has 148 valence electrons. The van der Waals surface area contributed by atoms with Gasteiger partial charge in [0.15, 0.2) is 5.82 Å². The first-order valence-electron chi connectivity index (χ1n) is 9.27. The molecule has 9 nitrogen and oxygen atoms in total. The average Bonchev–Trinajstić information content (AvgIpc) is 3.12. The number of hydrogen-bond acceptors (Lipinski definition) is 6. The van der Waals surface area contributed by atoms with Crippen molar-refractivity contribution in [2.75, 3.05) is 11.9 Å². The van der Waals surface area contributed by atoms with Crippen molar-refractivity contribution in [1.82, 2.24) is 30.3 Å². The van der Waals surface area contributed by atoms with Gasteiger partial charge in [-0.05, 0) is 49.4 Å². The van der Waals surface area contributed by atoms with Gasteiger partial charge in [0, 0.05) is 30.5 Å². The maximum absolute atomic E-state index is 12.1. The van der Waals surface area contributed by atoms with Crippen molar-refractivity contribution >= 4 is 28.6 Å². The van der Waals surface area contributed by atoms with Crippen LogP contribution in [0.15, 0.2) is 48.9 Å². The molecule has 3 heterocycles. The summed E-state index contributed by atoms with van der Waals surface area (Å²) in [4.78, 5) is 28.2. The van der Waals surface area contributed by atoms with E-state index in [-0.39, 0.29) is 12.1 Å². The Hall–Kier alpha value is -3.72. The number of hydroxylamine groups is 2. The van der Waals surface area contributed by atoms with Gasteiger partial charge >= 0.3 is 6.03 Å². The summed E-state index contributed by atoms with van der Waals surface area (Å²) in [5.74, 6) is 0.815. The van der Waals surface area contributed by atoms with E-state index in [4.69, 9.17) is 0 Å². The second kappa shape index (κ2) is 7.72. The van der Waals surface area contributed by atoms with E-state index in [0.29, 0.717) is 34.9 Å². The number of rotatable bonds is 4. The normalized spacial score (nSPS) is 16.0. The summed E-state index contributed by atoms with van der Waals surface area (Å²) in [6.07, 6.45) is 8.64. The third-order valence-corrected chi connectivity index (χ3v) is 4.52. The Morgan fingerprint density at radius 1 is 1.31 bits per heavy atom. The van der Waals surface area contributed by atoms with Gasteiger partial charge in [0.2, 0.25) is 5.95 Å². The van der Waals surface area contributed by atoms with Gasteiger partial charge in [0.1, 0.15) is 5.52 Å². The minimum absolute atomic E-state index is 0.209. The monoisotopic (exact) mass is 390 g/mol. The summed E-state index contributed by atoms with van der Waals surface area (Å²) in [5, 5.41) is 18.3. The number of aromatic amines is 1. The molecule has 2 aromatic heterocycles. The molecule has 1 aromatic carbocycles. The lowest BCUT2D eigenvalue weighted by Crippen LogP contribution is -2.28. The van der Waals surface area contributed by atoms with Gasteiger partial charge in [0.25, 0.3) is 0 Å². The number of H-pyrrole nitrogens is 1. The Bertz CT molecular complexity index is 1100. The molecule has 3 aromatic rings. The fraction of sp³-hybridized carbons (Fsp3) is 0.200. The average molecular weight is 390 g/mol. The highest BCUT2D eigenvalue weighted by atomic mass is 16.5. The number of benzene rings is 1. The lowest BCUT2D eigenvalue weighted by molar-refractivity contribution is 0.252. The van der Waals surface area contributed by atoms with Gasteiger partial charge in [-0.25, -0.2) is 19.7 Å². The van der Waals surface area contributed by atoms with Crippen LogP contribution in [-0.4, -0.2) is 43.6 Å². The van der Waals surface area contributed by atoms with E-state index in [2.05, 4.69) is 30.6 Å². The van der Waals surface area contributed by atoms with E-state index in [0.717, 1.165) is 16.2 Å². The number of carbonyl (C=O) groups is 1. The van der Waals surface area contributed by atoms with E-state index in [9.17, 15) is 10.0 Å². The molecule has 4 rings (SSSR count). The number of aromatic nitrogens is 4. The number of fused-ring (bicyclic) bond motifs is 1. The first-order valence-corrected chi connectivity index (χ1v) is 9.27. The highest BCUT2D eigenvalue weighted by Crippen LogP contribution is 2.32. The zero-order chi connectivity index (χ0) is 20.4. The second-order valence-corrected chi connectivity index (χ2v) is 6.61. The van der Waals surface area contributed by atoms with Crippen LogP contribution in [0, 0.1) is 5.21 Å². The molecule has 0 bridgehead atoms. The lowest BCUT2D eigenvalue weighted by Gasteiger charge is -2.35. The molecular formula is C20H20N7O2-. The summed E-state index contributed by atoms with van der Waals surface area (Å²) in [7, 11) is 0. The van der Waals surface area contributed by atoms with Crippen molar-refractivity contribution in [3.8, 4) is 11.4 Å². The number of urea groups is 1. The maximum Gasteiger partial charge on any atom is 0.321 e. The van der Waals surface area contributed by atoms with Crippen molar-refractivity contribution in [3.63, 3.8) is 0 Å². The number of anilines is 1. The molecule has 1 unspecified atom stereocenters. The van der Waals surface area contributed by atoms with Crippen LogP contribution in [0.25, 0.3) is 28.0 Å². The topological polar surface area (TPSA) is 122 Å². The number of imidazole rings is 1. The molecule has 0 saturated carbocycles. The van der Waals surface area contributed by atoms with Crippen LogP contribution in [0.4, 0.5) is 10.7 Å². The summed E-state index contributed by atoms with van der Waals surface area (Å²) < 4.78 is 0. The van der Waals surface area contributed by atoms with E-state index >= 15 is 0 Å². The molecule has 0 saturated heterocycles. The van der Waals surface area contributed by atoms with Gasteiger partial charge in [-0.3, -0.25) is 5.32 Å². The summed E-state index contributed by atoms with van der Waals surface area (Å²) in [6, 6.07) is 4.96. The summed E-state index contributed by atoms with van der Waals surface area (Å²) >= 11 is 0. The third-order valence-electron chi connectivity index (χ3n) is 4.52. The summed E-state index contributed by atoms with van der Waals surface area (Å²) in [5.41, 5.74) is 3.60. The number of amides is 2. The van der Waals surface area contributed by atoms with Crippen molar-refractivity contribution in [2.24, 2.45) is 0 Å². The van der Waals surface area contributed by atoms with Crippen LogP contribution in [0.1, 0.15) is 19.4 Å². The van der Waals surface area contributed by atoms with E-state index < -0.39 is 0 Å². The van der Waals surface area contributed by atoms with Crippen LogP contribution >= 0.6 is 0 Å². The number of allylic oxidation sites excluding steroid dienone is 2. The van der Waals surface area contributed by atoms with Crippen molar-refractivity contribution < 1.29 is 4.79 Å². The number of nitrogens with one attached hydrogen (secondary N) is 3. The molecule has 3 N–H and O–H groups in total. The quantitative estimate of drug-likeness (QED) is 0.628. The van der Waals surface area contributed by atoms with Gasteiger partial charge < -0.3 is 20.6 Å². The van der Waals surface area contributed by atoms with Crippen LogP contribution in [0.2, 0.25) is 0 Å².